The van der Waals surface area contributed by atoms with Crippen LogP contribution in [0.2, 0.25) is 0 Å². The second-order valence-corrected chi connectivity index (χ2v) is 11.8. The van der Waals surface area contributed by atoms with E-state index in [-0.39, 0.29) is 22.4 Å². The lowest BCUT2D eigenvalue weighted by molar-refractivity contribution is 0.0833. The molecule has 1 fully saturated rings. The molecule has 1 amide bonds. The fourth-order valence-corrected chi connectivity index (χ4v) is 6.53. The molecule has 5 rings (SSSR count). The molecule has 2 aromatic rings. The van der Waals surface area contributed by atoms with E-state index < -0.39 is 10.0 Å². The molecular formula is C21H25N5O3S2. The third-order valence-electron chi connectivity index (χ3n) is 6.09. The minimum atomic E-state index is -3.71. The number of amides is 1. The minimum absolute atomic E-state index is 0.0830. The van der Waals surface area contributed by atoms with E-state index in [1.54, 1.807) is 28.4 Å². The van der Waals surface area contributed by atoms with Crippen LogP contribution in [0, 0.1) is 13.8 Å². The maximum Gasteiger partial charge on any atom is 0.263 e. The molecule has 3 heterocycles. The van der Waals surface area contributed by atoms with Gasteiger partial charge >= 0.3 is 0 Å². The number of hydrogen-bond acceptors (Lipinski definition) is 7. The first kappa shape index (κ1) is 20.6. The molecule has 3 aliphatic rings. The van der Waals surface area contributed by atoms with Crippen molar-refractivity contribution in [1.82, 2.24) is 14.6 Å². The zero-order valence-corrected chi connectivity index (χ0v) is 19.6. The number of nitrogens with one attached hydrogen (secondary N) is 1. The van der Waals surface area contributed by atoms with Gasteiger partial charge in [0.2, 0.25) is 16.0 Å². The van der Waals surface area contributed by atoms with E-state index in [4.69, 9.17) is 0 Å². The number of nitrogens with zero attached hydrogens (tertiary/aromatic N) is 4. The lowest BCUT2D eigenvalue weighted by Gasteiger charge is -2.38. The quantitative estimate of drug-likeness (QED) is 0.742. The number of anilines is 1. The molecule has 0 radical (unpaired) electrons. The van der Waals surface area contributed by atoms with Gasteiger partial charge in [0.15, 0.2) is 0 Å². The molecule has 1 aromatic carbocycles. The van der Waals surface area contributed by atoms with E-state index in [1.165, 1.54) is 6.07 Å². The first-order chi connectivity index (χ1) is 14.6. The van der Waals surface area contributed by atoms with Gasteiger partial charge in [-0.1, -0.05) is 0 Å². The summed E-state index contributed by atoms with van der Waals surface area (Å²) in [4.78, 5) is 27.5. The summed E-state index contributed by atoms with van der Waals surface area (Å²) < 4.78 is 28.6. The number of rotatable bonds is 5. The zero-order valence-electron chi connectivity index (χ0n) is 18.0. The minimum Gasteiger partial charge on any atom is -0.307 e. The largest absolute Gasteiger partial charge is 0.307 e. The molecule has 1 saturated carbocycles. The number of aliphatic imine (C=N–C) groups is 1. The van der Waals surface area contributed by atoms with Gasteiger partial charge in [-0.15, -0.1) is 11.3 Å². The highest BCUT2D eigenvalue weighted by atomic mass is 32.2. The SMILES string of the molecule is Cc1nc(C)c(CN2C(=O)c3cc(S(=O)(=O)NC4(C)CC4)ccc3N3C2=NC[C@H]3C)s1. The molecule has 164 valence electrons. The van der Waals surface area contributed by atoms with Gasteiger partial charge in [0.05, 0.1) is 46.0 Å². The lowest BCUT2D eigenvalue weighted by atomic mass is 10.1. The number of fused-ring (bicyclic) bond motifs is 3. The molecule has 10 heteroatoms. The van der Waals surface area contributed by atoms with Crippen LogP contribution in [0.4, 0.5) is 5.69 Å². The molecule has 0 spiro atoms. The predicted octanol–water partition coefficient (Wildman–Crippen LogP) is 2.81. The molecule has 31 heavy (non-hydrogen) atoms. The van der Waals surface area contributed by atoms with Crippen molar-refractivity contribution < 1.29 is 13.2 Å². The smallest absolute Gasteiger partial charge is 0.263 e. The summed E-state index contributed by atoms with van der Waals surface area (Å²) in [5.41, 5.74) is 1.61. The standard InChI is InChI=1S/C21H25N5O3S2/c1-12-10-22-20-25(11-18-13(2)23-14(3)30-18)19(27)16-9-15(5-6-17(16)26(12)20)31(28,29)24-21(4)7-8-21/h5-6,9,12,24H,7-8,10-11H2,1-4H3/t12-/m1/s1. The fraction of sp³-hybridized carbons (Fsp3) is 0.476. The van der Waals surface area contributed by atoms with Crippen molar-refractivity contribution >= 4 is 38.9 Å². The molecule has 1 aliphatic carbocycles. The Hall–Kier alpha value is -2.30. The second kappa shape index (κ2) is 6.85. The molecule has 0 saturated heterocycles. The van der Waals surface area contributed by atoms with Gasteiger partial charge in [0.25, 0.3) is 5.91 Å². The van der Waals surface area contributed by atoms with Gasteiger partial charge in [0, 0.05) is 10.4 Å². The first-order valence-electron chi connectivity index (χ1n) is 10.3. The van der Waals surface area contributed by atoms with Crippen LogP contribution in [0.5, 0.6) is 0 Å². The second-order valence-electron chi connectivity index (χ2n) is 8.84. The number of sulfonamides is 1. The van der Waals surface area contributed by atoms with Crippen molar-refractivity contribution in [2.75, 3.05) is 11.4 Å². The van der Waals surface area contributed by atoms with Crippen LogP contribution in [-0.2, 0) is 16.6 Å². The average molecular weight is 460 g/mol. The van der Waals surface area contributed by atoms with E-state index in [1.807, 2.05) is 25.7 Å². The van der Waals surface area contributed by atoms with Crippen LogP contribution < -0.4 is 9.62 Å². The van der Waals surface area contributed by atoms with E-state index in [0.29, 0.717) is 30.3 Å². The molecule has 8 nitrogen and oxygen atoms in total. The summed E-state index contributed by atoms with van der Waals surface area (Å²) in [6.45, 7) is 8.78. The Balaban J connectivity index is 1.56. The summed E-state index contributed by atoms with van der Waals surface area (Å²) in [5.74, 6) is 0.383. The van der Waals surface area contributed by atoms with Crippen LogP contribution in [0.15, 0.2) is 28.1 Å². The maximum atomic E-state index is 13.6. The Bertz CT molecular complexity index is 1230. The Morgan fingerprint density at radius 2 is 2.03 bits per heavy atom. The Kier molecular flexibility index (Phi) is 4.55. The van der Waals surface area contributed by atoms with Crippen LogP contribution in [-0.4, -0.2) is 48.3 Å². The van der Waals surface area contributed by atoms with Crippen molar-refractivity contribution in [3.05, 3.63) is 39.3 Å². The summed E-state index contributed by atoms with van der Waals surface area (Å²) in [6, 6.07) is 4.90. The van der Waals surface area contributed by atoms with Crippen molar-refractivity contribution in [1.29, 1.82) is 0 Å². The summed E-state index contributed by atoms with van der Waals surface area (Å²) in [5, 5.41) is 0.948. The Morgan fingerprint density at radius 3 is 2.68 bits per heavy atom. The van der Waals surface area contributed by atoms with Crippen LogP contribution in [0.25, 0.3) is 0 Å². The van der Waals surface area contributed by atoms with Crippen LogP contribution in [0.3, 0.4) is 0 Å². The van der Waals surface area contributed by atoms with Crippen molar-refractivity contribution in [3.63, 3.8) is 0 Å². The third-order valence-corrected chi connectivity index (χ3v) is 8.78. The van der Waals surface area contributed by atoms with Gasteiger partial charge in [-0.25, -0.2) is 18.1 Å². The van der Waals surface area contributed by atoms with Crippen molar-refractivity contribution in [2.45, 2.75) is 63.6 Å². The van der Waals surface area contributed by atoms with Crippen LogP contribution in [0.1, 0.15) is 52.6 Å². The highest BCUT2D eigenvalue weighted by Crippen LogP contribution is 2.38. The number of carbonyl (C=O) groups is 1. The molecule has 1 atom stereocenters. The molecule has 0 bridgehead atoms. The van der Waals surface area contributed by atoms with Crippen molar-refractivity contribution in [3.8, 4) is 0 Å². The molecule has 2 aliphatic heterocycles. The number of hydrogen-bond donors (Lipinski definition) is 1. The van der Waals surface area contributed by atoms with E-state index >= 15 is 0 Å². The van der Waals surface area contributed by atoms with E-state index in [9.17, 15) is 13.2 Å². The number of benzene rings is 1. The average Bonchev–Trinajstić information content (AvgIpc) is 3.14. The normalized spacial score (nSPS) is 21.7. The van der Waals surface area contributed by atoms with E-state index in [0.717, 1.165) is 28.4 Å². The topological polar surface area (TPSA) is 95.0 Å². The predicted molar refractivity (Wildman–Crippen MR) is 120 cm³/mol. The first-order valence-corrected chi connectivity index (χ1v) is 12.6. The Morgan fingerprint density at radius 1 is 1.29 bits per heavy atom. The Labute approximate surface area is 186 Å². The number of aryl methyl sites for hydroxylation is 2. The molecular weight excluding hydrogens is 434 g/mol. The fourth-order valence-electron chi connectivity index (χ4n) is 4.11. The number of guanidine groups is 1. The lowest BCUT2D eigenvalue weighted by Crippen LogP contribution is -2.52. The number of thiazole rings is 1. The molecule has 0 unspecified atom stereocenters. The third kappa shape index (κ3) is 3.46. The maximum absolute atomic E-state index is 13.6. The van der Waals surface area contributed by atoms with Gasteiger partial charge < -0.3 is 4.90 Å². The zero-order chi connectivity index (χ0) is 22.1. The molecule has 1 aromatic heterocycles. The highest BCUT2D eigenvalue weighted by Gasteiger charge is 2.43. The van der Waals surface area contributed by atoms with Crippen LogP contribution >= 0.6 is 11.3 Å². The van der Waals surface area contributed by atoms with Gasteiger partial charge in [-0.3, -0.25) is 14.7 Å². The highest BCUT2D eigenvalue weighted by molar-refractivity contribution is 7.89. The van der Waals surface area contributed by atoms with Gasteiger partial charge in [-0.2, -0.15) is 0 Å². The summed E-state index contributed by atoms with van der Waals surface area (Å²) in [7, 11) is -3.71. The molecule has 1 N–H and O–H groups in total. The van der Waals surface area contributed by atoms with Gasteiger partial charge in [0.1, 0.15) is 0 Å². The monoisotopic (exact) mass is 459 g/mol. The van der Waals surface area contributed by atoms with Crippen molar-refractivity contribution in [2.24, 2.45) is 4.99 Å². The summed E-state index contributed by atoms with van der Waals surface area (Å²) >= 11 is 1.56. The number of aromatic nitrogens is 1. The number of carbonyl (C=O) groups excluding carboxylic acids is 1. The van der Waals surface area contributed by atoms with Gasteiger partial charge in [-0.05, 0) is 58.7 Å². The summed E-state index contributed by atoms with van der Waals surface area (Å²) in [6.07, 6.45) is 1.64. The van der Waals surface area contributed by atoms with E-state index in [2.05, 4.69) is 21.6 Å².